The standard InChI is InChI=1S/C21H27N3O5S/c1-30(27,28)22-18-9-7-17(8-10-18)21(26)24-13-11-23(12-14-24)15-19(25)16-29-20-5-3-2-4-6-20/h2-10,19,22,25H,11-16H2,1H3. The molecule has 2 N–H and O–H groups in total. The van der Waals surface area contributed by atoms with Crippen molar-refractivity contribution in [2.75, 3.05) is 50.3 Å². The molecule has 0 aliphatic carbocycles. The summed E-state index contributed by atoms with van der Waals surface area (Å²) in [4.78, 5) is 16.6. The van der Waals surface area contributed by atoms with E-state index < -0.39 is 16.1 Å². The summed E-state index contributed by atoms with van der Waals surface area (Å²) in [6, 6.07) is 15.8. The van der Waals surface area contributed by atoms with E-state index in [0.717, 1.165) is 12.0 Å². The molecule has 3 rings (SSSR count). The van der Waals surface area contributed by atoms with Crippen LogP contribution in [0.15, 0.2) is 54.6 Å². The number of carbonyl (C=O) groups excluding carboxylic acids is 1. The van der Waals surface area contributed by atoms with E-state index in [-0.39, 0.29) is 12.5 Å². The third-order valence-electron chi connectivity index (χ3n) is 4.75. The fraction of sp³-hybridized carbons (Fsp3) is 0.381. The van der Waals surface area contributed by atoms with Crippen molar-refractivity contribution in [3.05, 3.63) is 60.2 Å². The van der Waals surface area contributed by atoms with Gasteiger partial charge in [0.15, 0.2) is 0 Å². The number of benzene rings is 2. The number of ether oxygens (including phenoxy) is 1. The molecule has 1 atom stereocenters. The van der Waals surface area contributed by atoms with Gasteiger partial charge in [0.05, 0.1) is 6.26 Å². The highest BCUT2D eigenvalue weighted by Crippen LogP contribution is 2.14. The van der Waals surface area contributed by atoms with Crippen molar-refractivity contribution in [1.82, 2.24) is 9.80 Å². The number of aliphatic hydroxyl groups excluding tert-OH is 1. The second kappa shape index (κ2) is 9.92. The van der Waals surface area contributed by atoms with E-state index in [4.69, 9.17) is 4.74 Å². The smallest absolute Gasteiger partial charge is 0.253 e. The molecule has 1 aliphatic rings. The average molecular weight is 434 g/mol. The van der Waals surface area contributed by atoms with Crippen molar-refractivity contribution < 1.29 is 23.1 Å². The molecule has 9 heteroatoms. The van der Waals surface area contributed by atoms with Gasteiger partial charge in [0.2, 0.25) is 10.0 Å². The highest BCUT2D eigenvalue weighted by Gasteiger charge is 2.23. The monoisotopic (exact) mass is 433 g/mol. The molecular weight excluding hydrogens is 406 g/mol. The number of anilines is 1. The number of nitrogens with one attached hydrogen (secondary N) is 1. The number of rotatable bonds is 8. The van der Waals surface area contributed by atoms with Crippen LogP contribution >= 0.6 is 0 Å². The molecule has 1 amide bonds. The highest BCUT2D eigenvalue weighted by molar-refractivity contribution is 7.92. The lowest BCUT2D eigenvalue weighted by atomic mass is 10.1. The summed E-state index contributed by atoms with van der Waals surface area (Å²) in [5.74, 6) is 0.637. The first-order chi connectivity index (χ1) is 14.3. The Kier molecular flexibility index (Phi) is 7.30. The van der Waals surface area contributed by atoms with Crippen molar-refractivity contribution in [2.45, 2.75) is 6.10 Å². The molecule has 1 fully saturated rings. The van der Waals surface area contributed by atoms with Crippen LogP contribution in [-0.4, -0.2) is 80.9 Å². The topological polar surface area (TPSA) is 99.2 Å². The predicted octanol–water partition coefficient (Wildman–Crippen LogP) is 1.26. The van der Waals surface area contributed by atoms with Gasteiger partial charge < -0.3 is 14.7 Å². The molecule has 1 saturated heterocycles. The Labute approximate surface area is 177 Å². The molecule has 8 nitrogen and oxygen atoms in total. The number of sulfonamides is 1. The minimum Gasteiger partial charge on any atom is -0.491 e. The number of para-hydroxylation sites is 1. The Hall–Kier alpha value is -2.62. The van der Waals surface area contributed by atoms with E-state index in [2.05, 4.69) is 9.62 Å². The number of hydrogen-bond donors (Lipinski definition) is 2. The zero-order valence-electron chi connectivity index (χ0n) is 16.9. The summed E-state index contributed by atoms with van der Waals surface area (Å²) in [6.45, 7) is 3.17. The Balaban J connectivity index is 1.43. The zero-order chi connectivity index (χ0) is 21.6. The predicted molar refractivity (Wildman–Crippen MR) is 115 cm³/mol. The van der Waals surface area contributed by atoms with Crippen molar-refractivity contribution in [3.63, 3.8) is 0 Å². The number of nitrogens with zero attached hydrogens (tertiary/aromatic N) is 2. The molecule has 0 saturated carbocycles. The van der Waals surface area contributed by atoms with Crippen LogP contribution in [0.3, 0.4) is 0 Å². The molecular formula is C21H27N3O5S. The maximum Gasteiger partial charge on any atom is 0.253 e. The number of aliphatic hydroxyl groups is 1. The number of β-amino-alcohol motifs (C(OH)–C–C–N with tert-alkyl or cyclic N) is 1. The fourth-order valence-corrected chi connectivity index (χ4v) is 3.84. The Bertz CT molecular complexity index is 927. The van der Waals surface area contributed by atoms with Gasteiger partial charge in [-0.15, -0.1) is 0 Å². The first-order valence-electron chi connectivity index (χ1n) is 9.75. The third kappa shape index (κ3) is 6.72. The lowest BCUT2D eigenvalue weighted by Gasteiger charge is -2.35. The van der Waals surface area contributed by atoms with Crippen molar-refractivity contribution in [2.24, 2.45) is 0 Å². The number of amides is 1. The van der Waals surface area contributed by atoms with Crippen LogP contribution < -0.4 is 9.46 Å². The molecule has 162 valence electrons. The summed E-state index contributed by atoms with van der Waals surface area (Å²) in [5.41, 5.74) is 0.935. The van der Waals surface area contributed by atoms with E-state index in [9.17, 15) is 18.3 Å². The van der Waals surface area contributed by atoms with E-state index in [1.54, 1.807) is 29.2 Å². The summed E-state index contributed by atoms with van der Waals surface area (Å²) in [6.07, 6.45) is 0.471. The molecule has 2 aromatic carbocycles. The molecule has 0 radical (unpaired) electrons. The molecule has 1 unspecified atom stereocenters. The van der Waals surface area contributed by atoms with Crippen molar-refractivity contribution in [1.29, 1.82) is 0 Å². The van der Waals surface area contributed by atoms with Gasteiger partial charge in [0.1, 0.15) is 18.5 Å². The summed E-state index contributed by atoms with van der Waals surface area (Å²) >= 11 is 0. The lowest BCUT2D eigenvalue weighted by Crippen LogP contribution is -2.50. The maximum absolute atomic E-state index is 12.7. The van der Waals surface area contributed by atoms with Crippen LogP contribution in [-0.2, 0) is 10.0 Å². The van der Waals surface area contributed by atoms with Gasteiger partial charge in [-0.25, -0.2) is 8.42 Å². The Morgan fingerprint density at radius 1 is 1.07 bits per heavy atom. The van der Waals surface area contributed by atoms with Gasteiger partial charge in [-0.05, 0) is 36.4 Å². The number of hydrogen-bond acceptors (Lipinski definition) is 6. The third-order valence-corrected chi connectivity index (χ3v) is 5.36. The number of carbonyl (C=O) groups is 1. The fourth-order valence-electron chi connectivity index (χ4n) is 3.27. The quantitative estimate of drug-likeness (QED) is 0.650. The second-order valence-electron chi connectivity index (χ2n) is 7.32. The van der Waals surface area contributed by atoms with Gasteiger partial charge in [-0.2, -0.15) is 0 Å². The van der Waals surface area contributed by atoms with Gasteiger partial charge >= 0.3 is 0 Å². The van der Waals surface area contributed by atoms with E-state index >= 15 is 0 Å². The van der Waals surface area contributed by atoms with Gasteiger partial charge in [0, 0.05) is 44.0 Å². The Morgan fingerprint density at radius 3 is 2.30 bits per heavy atom. The first-order valence-corrected chi connectivity index (χ1v) is 11.6. The summed E-state index contributed by atoms with van der Waals surface area (Å²) in [5, 5.41) is 10.2. The summed E-state index contributed by atoms with van der Waals surface area (Å²) in [7, 11) is -3.35. The summed E-state index contributed by atoms with van der Waals surface area (Å²) < 4.78 is 30.5. The van der Waals surface area contributed by atoms with Crippen LogP contribution in [0.4, 0.5) is 5.69 Å². The average Bonchev–Trinajstić information content (AvgIpc) is 2.72. The molecule has 0 spiro atoms. The van der Waals surface area contributed by atoms with Crippen LogP contribution in [0.2, 0.25) is 0 Å². The van der Waals surface area contributed by atoms with Crippen molar-refractivity contribution >= 4 is 21.6 Å². The van der Waals surface area contributed by atoms with Crippen LogP contribution in [0.1, 0.15) is 10.4 Å². The minimum atomic E-state index is -3.35. The van der Waals surface area contributed by atoms with Gasteiger partial charge in [-0.3, -0.25) is 14.4 Å². The van der Waals surface area contributed by atoms with Gasteiger partial charge in [0.25, 0.3) is 5.91 Å². The first kappa shape index (κ1) is 22.1. The van der Waals surface area contributed by atoms with Crippen LogP contribution in [0, 0.1) is 0 Å². The lowest BCUT2D eigenvalue weighted by molar-refractivity contribution is 0.0403. The van der Waals surface area contributed by atoms with Crippen LogP contribution in [0.5, 0.6) is 5.75 Å². The highest BCUT2D eigenvalue weighted by atomic mass is 32.2. The normalized spacial score (nSPS) is 16.1. The SMILES string of the molecule is CS(=O)(=O)Nc1ccc(C(=O)N2CCN(CC(O)COc3ccccc3)CC2)cc1. The second-order valence-corrected chi connectivity index (χ2v) is 9.07. The van der Waals surface area contributed by atoms with Crippen molar-refractivity contribution in [3.8, 4) is 5.75 Å². The molecule has 0 aromatic heterocycles. The molecule has 1 aliphatic heterocycles. The zero-order valence-corrected chi connectivity index (χ0v) is 17.7. The van der Waals surface area contributed by atoms with Gasteiger partial charge in [-0.1, -0.05) is 18.2 Å². The molecule has 2 aromatic rings. The molecule has 30 heavy (non-hydrogen) atoms. The van der Waals surface area contributed by atoms with Crippen LogP contribution in [0.25, 0.3) is 0 Å². The maximum atomic E-state index is 12.7. The Morgan fingerprint density at radius 2 is 1.70 bits per heavy atom. The minimum absolute atomic E-state index is 0.0893. The molecule has 1 heterocycles. The largest absolute Gasteiger partial charge is 0.491 e. The van der Waals surface area contributed by atoms with E-state index in [0.29, 0.717) is 44.0 Å². The number of piperazine rings is 1. The van der Waals surface area contributed by atoms with E-state index in [1.807, 2.05) is 30.3 Å². The molecule has 0 bridgehead atoms. The van der Waals surface area contributed by atoms with E-state index in [1.165, 1.54) is 0 Å².